The number of carbonyl (C=O) groups is 3. The van der Waals surface area contributed by atoms with E-state index in [0.717, 1.165) is 25.7 Å². The van der Waals surface area contributed by atoms with Gasteiger partial charge in [0.15, 0.2) is 5.76 Å². The fourth-order valence-electron chi connectivity index (χ4n) is 4.25. The lowest BCUT2D eigenvalue weighted by Crippen LogP contribution is -2.54. The van der Waals surface area contributed by atoms with Gasteiger partial charge in [-0.05, 0) is 30.9 Å². The van der Waals surface area contributed by atoms with E-state index >= 15 is 0 Å². The molecule has 1 saturated carbocycles. The maximum absolute atomic E-state index is 12.6. The summed E-state index contributed by atoms with van der Waals surface area (Å²) in [7, 11) is 0. The van der Waals surface area contributed by atoms with Gasteiger partial charge < -0.3 is 24.9 Å². The zero-order valence-electron chi connectivity index (χ0n) is 17.1. The number of hydrogen-bond donors (Lipinski definition) is 2. The number of nitrogens with zero attached hydrogens (tertiary/aromatic N) is 3. The van der Waals surface area contributed by atoms with E-state index in [1.54, 1.807) is 21.9 Å². The van der Waals surface area contributed by atoms with E-state index in [9.17, 15) is 14.4 Å². The van der Waals surface area contributed by atoms with Gasteiger partial charge in [0, 0.05) is 32.7 Å². The molecule has 30 heavy (non-hydrogen) atoms. The van der Waals surface area contributed by atoms with Crippen LogP contribution in [0, 0.1) is 23.2 Å². The number of amides is 4. The predicted molar refractivity (Wildman–Crippen MR) is 108 cm³/mol. The van der Waals surface area contributed by atoms with Crippen molar-refractivity contribution in [2.24, 2.45) is 11.8 Å². The summed E-state index contributed by atoms with van der Waals surface area (Å²) in [6, 6.07) is 5.00. The van der Waals surface area contributed by atoms with Crippen LogP contribution in [0.4, 0.5) is 4.79 Å². The average Bonchev–Trinajstić information content (AvgIpc) is 3.33. The second-order valence-electron chi connectivity index (χ2n) is 7.82. The number of rotatable bonds is 6. The average molecular weight is 415 g/mol. The highest BCUT2D eigenvalue weighted by Crippen LogP contribution is 2.30. The van der Waals surface area contributed by atoms with Gasteiger partial charge >= 0.3 is 6.03 Å². The molecule has 1 atom stereocenters. The van der Waals surface area contributed by atoms with E-state index in [4.69, 9.17) is 9.68 Å². The van der Waals surface area contributed by atoms with Crippen molar-refractivity contribution in [3.05, 3.63) is 24.2 Å². The highest BCUT2D eigenvalue weighted by molar-refractivity contribution is 5.91. The quantitative estimate of drug-likeness (QED) is 0.684. The summed E-state index contributed by atoms with van der Waals surface area (Å²) in [5.41, 5.74) is 0. The first-order valence-corrected chi connectivity index (χ1v) is 10.6. The monoisotopic (exact) mass is 415 g/mol. The van der Waals surface area contributed by atoms with Crippen LogP contribution in [-0.4, -0.2) is 66.9 Å². The molecule has 3 rings (SSSR count). The lowest BCUT2D eigenvalue weighted by atomic mass is 9.79. The number of nitriles is 1. The summed E-state index contributed by atoms with van der Waals surface area (Å²) < 4.78 is 5.15. The van der Waals surface area contributed by atoms with E-state index in [1.807, 2.05) is 6.07 Å². The van der Waals surface area contributed by atoms with Crippen LogP contribution in [-0.2, 0) is 4.79 Å². The van der Waals surface area contributed by atoms with Gasteiger partial charge in [0.25, 0.3) is 5.91 Å². The second kappa shape index (κ2) is 10.7. The van der Waals surface area contributed by atoms with Crippen LogP contribution in [0.15, 0.2) is 22.8 Å². The van der Waals surface area contributed by atoms with E-state index < -0.39 is 0 Å². The fraction of sp³-hybridized carbons (Fsp3) is 0.619. The Morgan fingerprint density at radius 3 is 2.43 bits per heavy atom. The normalized spacial score (nSPS) is 18.4. The van der Waals surface area contributed by atoms with E-state index in [2.05, 4.69) is 10.6 Å². The summed E-state index contributed by atoms with van der Waals surface area (Å²) in [4.78, 5) is 40.8. The van der Waals surface area contributed by atoms with Crippen molar-refractivity contribution in [3.8, 4) is 6.07 Å². The molecule has 162 valence electrons. The van der Waals surface area contributed by atoms with Crippen molar-refractivity contribution in [1.82, 2.24) is 20.4 Å². The molecule has 2 fully saturated rings. The van der Waals surface area contributed by atoms with Gasteiger partial charge in [0.1, 0.15) is 6.54 Å². The van der Waals surface area contributed by atoms with E-state index in [1.165, 1.54) is 12.7 Å². The van der Waals surface area contributed by atoms with Crippen LogP contribution in [0.5, 0.6) is 0 Å². The van der Waals surface area contributed by atoms with E-state index in [-0.39, 0.29) is 42.8 Å². The topological polar surface area (TPSA) is 119 Å². The molecule has 0 spiro atoms. The summed E-state index contributed by atoms with van der Waals surface area (Å²) in [5.74, 6) is -0.152. The van der Waals surface area contributed by atoms with Crippen LogP contribution in [0.25, 0.3) is 0 Å². The van der Waals surface area contributed by atoms with Crippen LogP contribution in [0.2, 0.25) is 0 Å². The number of urea groups is 1. The number of hydrogen-bond acceptors (Lipinski definition) is 5. The molecule has 1 aromatic rings. The van der Waals surface area contributed by atoms with Crippen LogP contribution >= 0.6 is 0 Å². The molecule has 2 heterocycles. The van der Waals surface area contributed by atoms with Crippen LogP contribution in [0.1, 0.15) is 42.7 Å². The largest absolute Gasteiger partial charge is 0.459 e. The summed E-state index contributed by atoms with van der Waals surface area (Å²) in [6.07, 6.45) is 6.75. The molecule has 1 unspecified atom stereocenters. The molecule has 4 amide bonds. The molecule has 2 N–H and O–H groups in total. The van der Waals surface area contributed by atoms with Crippen molar-refractivity contribution < 1.29 is 18.8 Å². The van der Waals surface area contributed by atoms with Gasteiger partial charge in [0.05, 0.1) is 18.3 Å². The molecule has 1 aromatic heterocycles. The van der Waals surface area contributed by atoms with Crippen molar-refractivity contribution >= 4 is 17.8 Å². The summed E-state index contributed by atoms with van der Waals surface area (Å²) in [5, 5.41) is 14.3. The van der Waals surface area contributed by atoms with E-state index in [0.29, 0.717) is 31.9 Å². The zero-order valence-corrected chi connectivity index (χ0v) is 17.1. The van der Waals surface area contributed by atoms with Gasteiger partial charge in [-0.1, -0.05) is 19.3 Å². The Labute approximate surface area is 176 Å². The highest BCUT2D eigenvalue weighted by Gasteiger charge is 2.31. The fourth-order valence-corrected chi connectivity index (χ4v) is 4.25. The van der Waals surface area contributed by atoms with Gasteiger partial charge in [-0.25, -0.2) is 4.79 Å². The van der Waals surface area contributed by atoms with Crippen LogP contribution in [0.3, 0.4) is 0 Å². The number of carbonyl (C=O) groups excluding carboxylic acids is 3. The second-order valence-corrected chi connectivity index (χ2v) is 7.82. The van der Waals surface area contributed by atoms with Gasteiger partial charge in [-0.2, -0.15) is 5.26 Å². The number of nitrogens with one attached hydrogen (secondary N) is 2. The molecule has 0 radical (unpaired) electrons. The SMILES string of the molecule is N#CCNC(=O)C(CNC(=O)N1CCN(C(=O)c2ccco2)CC1)C1CCCCC1. The minimum atomic E-state index is -0.329. The lowest BCUT2D eigenvalue weighted by molar-refractivity contribution is -0.126. The Balaban J connectivity index is 1.49. The van der Waals surface area contributed by atoms with Crippen molar-refractivity contribution in [2.75, 3.05) is 39.3 Å². The van der Waals surface area contributed by atoms with Crippen molar-refractivity contribution in [2.45, 2.75) is 32.1 Å². The Morgan fingerprint density at radius 1 is 1.10 bits per heavy atom. The van der Waals surface area contributed by atoms with Gasteiger partial charge in [-0.15, -0.1) is 0 Å². The van der Waals surface area contributed by atoms with Gasteiger partial charge in [0.2, 0.25) is 5.91 Å². The molecule has 0 bridgehead atoms. The lowest BCUT2D eigenvalue weighted by Gasteiger charge is -2.35. The maximum atomic E-state index is 12.6. The molecule has 1 saturated heterocycles. The minimum Gasteiger partial charge on any atom is -0.459 e. The first-order valence-electron chi connectivity index (χ1n) is 10.6. The standard InChI is InChI=1S/C21H29N5O4/c22-8-9-23-19(27)17(16-5-2-1-3-6-16)15-24-21(29)26-12-10-25(11-13-26)20(28)18-7-4-14-30-18/h4,7,14,16-17H,1-3,5-6,9-13,15H2,(H,23,27)(H,24,29). The Hall–Kier alpha value is -3.02. The number of furan rings is 1. The molecule has 9 heteroatoms. The van der Waals surface area contributed by atoms with Gasteiger partial charge in [-0.3, -0.25) is 9.59 Å². The first kappa shape index (κ1) is 21.7. The first-order chi connectivity index (χ1) is 14.6. The molecule has 2 aliphatic rings. The molecule has 1 aliphatic heterocycles. The maximum Gasteiger partial charge on any atom is 0.317 e. The smallest absolute Gasteiger partial charge is 0.317 e. The molecule has 1 aliphatic carbocycles. The third kappa shape index (κ3) is 5.53. The Morgan fingerprint density at radius 2 is 1.80 bits per heavy atom. The molecule has 0 aromatic carbocycles. The Kier molecular flexibility index (Phi) is 7.71. The third-order valence-electron chi connectivity index (χ3n) is 5.96. The summed E-state index contributed by atoms with van der Waals surface area (Å²) >= 11 is 0. The van der Waals surface area contributed by atoms with Crippen molar-refractivity contribution in [3.63, 3.8) is 0 Å². The Bertz CT molecular complexity index is 759. The van der Waals surface area contributed by atoms with Crippen LogP contribution < -0.4 is 10.6 Å². The van der Waals surface area contributed by atoms with Crippen molar-refractivity contribution in [1.29, 1.82) is 5.26 Å². The highest BCUT2D eigenvalue weighted by atomic mass is 16.3. The summed E-state index contributed by atoms with van der Waals surface area (Å²) in [6.45, 7) is 1.94. The third-order valence-corrected chi connectivity index (χ3v) is 5.96. The zero-order chi connectivity index (χ0) is 21.3. The molecule has 9 nitrogen and oxygen atoms in total. The predicted octanol–water partition coefficient (Wildman–Crippen LogP) is 1.58. The number of piperazine rings is 1. The minimum absolute atomic E-state index is 0.0261. The molecular formula is C21H29N5O4. The molecular weight excluding hydrogens is 386 g/mol.